The summed E-state index contributed by atoms with van der Waals surface area (Å²) in [4.78, 5) is 2.66. The van der Waals surface area contributed by atoms with Crippen molar-refractivity contribution in [3.05, 3.63) is 17.0 Å². The predicted molar refractivity (Wildman–Crippen MR) is 86.5 cm³/mol. The Labute approximate surface area is 129 Å². The van der Waals surface area contributed by atoms with Crippen LogP contribution in [0.3, 0.4) is 0 Å². The molecule has 0 aromatic carbocycles. The zero-order valence-electron chi connectivity index (χ0n) is 14.5. The molecule has 1 aliphatic rings. The molecule has 1 N–H and O–H groups in total. The van der Waals surface area contributed by atoms with Crippen molar-refractivity contribution in [2.75, 3.05) is 13.1 Å². The Morgan fingerprint density at radius 3 is 2.48 bits per heavy atom. The normalized spacial score (nSPS) is 24.2. The third-order valence-electron chi connectivity index (χ3n) is 5.50. The number of nitrogens with zero attached hydrogens (tertiary/aromatic N) is 2. The second kappa shape index (κ2) is 6.49. The third-order valence-corrected chi connectivity index (χ3v) is 5.50. The van der Waals surface area contributed by atoms with Gasteiger partial charge in [0.1, 0.15) is 5.76 Å². The zero-order valence-corrected chi connectivity index (χ0v) is 14.5. The van der Waals surface area contributed by atoms with Gasteiger partial charge in [-0.05, 0) is 40.0 Å². The van der Waals surface area contributed by atoms with Gasteiger partial charge < -0.3 is 9.84 Å². The van der Waals surface area contributed by atoms with Crippen LogP contribution in [0.4, 0.5) is 0 Å². The first-order chi connectivity index (χ1) is 9.98. The van der Waals surface area contributed by atoms with E-state index in [0.29, 0.717) is 12.1 Å². The summed E-state index contributed by atoms with van der Waals surface area (Å²) < 4.78 is 5.39. The van der Waals surface area contributed by atoms with Crippen LogP contribution in [0, 0.1) is 13.8 Å². The van der Waals surface area contributed by atoms with Crippen LogP contribution in [0.1, 0.15) is 70.0 Å². The van der Waals surface area contributed by atoms with Crippen molar-refractivity contribution >= 4 is 0 Å². The molecule has 0 amide bonds. The summed E-state index contributed by atoms with van der Waals surface area (Å²) in [5.41, 5.74) is 2.56. The number of rotatable bonds is 5. The summed E-state index contributed by atoms with van der Waals surface area (Å²) in [5, 5.41) is 7.95. The average molecular weight is 293 g/mol. The maximum Gasteiger partial charge on any atom is 0.138 e. The minimum Gasteiger partial charge on any atom is -0.361 e. The lowest BCUT2D eigenvalue weighted by molar-refractivity contribution is 0.0394. The molecule has 0 aliphatic carbocycles. The number of hydrogen-bond acceptors (Lipinski definition) is 4. The molecule has 1 aromatic heterocycles. The molecule has 120 valence electrons. The van der Waals surface area contributed by atoms with Gasteiger partial charge >= 0.3 is 0 Å². The summed E-state index contributed by atoms with van der Waals surface area (Å²) in [6.07, 6.45) is 3.51. The lowest BCUT2D eigenvalue weighted by atomic mass is 9.86. The van der Waals surface area contributed by atoms with E-state index in [1.54, 1.807) is 0 Å². The van der Waals surface area contributed by atoms with E-state index in [1.165, 1.54) is 24.8 Å². The van der Waals surface area contributed by atoms with E-state index < -0.39 is 0 Å². The van der Waals surface area contributed by atoms with Crippen LogP contribution in [-0.2, 0) is 0 Å². The van der Waals surface area contributed by atoms with E-state index in [0.717, 1.165) is 24.5 Å². The van der Waals surface area contributed by atoms with E-state index >= 15 is 0 Å². The maximum absolute atomic E-state index is 5.39. The van der Waals surface area contributed by atoms with E-state index in [9.17, 15) is 0 Å². The number of hydrogen-bond donors (Lipinski definition) is 1. The molecule has 2 rings (SSSR count). The van der Waals surface area contributed by atoms with E-state index in [1.807, 2.05) is 6.92 Å². The number of aromatic nitrogens is 1. The van der Waals surface area contributed by atoms with Gasteiger partial charge in [-0.1, -0.05) is 25.9 Å². The molecular weight excluding hydrogens is 262 g/mol. The van der Waals surface area contributed by atoms with Crippen LogP contribution in [0.25, 0.3) is 0 Å². The van der Waals surface area contributed by atoms with Gasteiger partial charge in [0.2, 0.25) is 0 Å². The fourth-order valence-electron chi connectivity index (χ4n) is 3.79. The van der Waals surface area contributed by atoms with Crippen LogP contribution < -0.4 is 5.32 Å². The van der Waals surface area contributed by atoms with Gasteiger partial charge in [0, 0.05) is 36.3 Å². The van der Waals surface area contributed by atoms with Crippen molar-refractivity contribution in [2.45, 2.75) is 78.4 Å². The highest BCUT2D eigenvalue weighted by molar-refractivity contribution is 5.25. The van der Waals surface area contributed by atoms with Crippen molar-refractivity contribution in [3.8, 4) is 0 Å². The van der Waals surface area contributed by atoms with Gasteiger partial charge in [-0.2, -0.15) is 0 Å². The largest absolute Gasteiger partial charge is 0.361 e. The van der Waals surface area contributed by atoms with E-state index in [2.05, 4.69) is 50.0 Å². The molecule has 1 aromatic rings. The van der Waals surface area contributed by atoms with Crippen LogP contribution >= 0.6 is 0 Å². The molecule has 1 fully saturated rings. The Hall–Kier alpha value is -0.870. The monoisotopic (exact) mass is 293 g/mol. The first-order valence-corrected chi connectivity index (χ1v) is 8.41. The third kappa shape index (κ3) is 3.02. The van der Waals surface area contributed by atoms with Crippen molar-refractivity contribution in [3.63, 3.8) is 0 Å². The second-order valence-corrected chi connectivity index (χ2v) is 6.52. The molecule has 0 bridgehead atoms. The summed E-state index contributed by atoms with van der Waals surface area (Å²) in [6, 6.07) is 0.945. The first-order valence-electron chi connectivity index (χ1n) is 8.41. The molecule has 1 saturated heterocycles. The van der Waals surface area contributed by atoms with Gasteiger partial charge in [-0.25, -0.2) is 0 Å². The molecule has 2 atom stereocenters. The lowest BCUT2D eigenvalue weighted by Crippen LogP contribution is -2.64. The van der Waals surface area contributed by atoms with Crippen LogP contribution in [-0.4, -0.2) is 34.7 Å². The Bertz CT molecular complexity index is 445. The predicted octanol–water partition coefficient (Wildman–Crippen LogP) is 3.60. The average Bonchev–Trinajstić information content (AvgIpc) is 2.85. The number of nitrogens with one attached hydrogen (secondary N) is 1. The number of aryl methyl sites for hydroxylation is 2. The Kier molecular flexibility index (Phi) is 5.10. The van der Waals surface area contributed by atoms with Gasteiger partial charge in [0.05, 0.1) is 5.69 Å². The van der Waals surface area contributed by atoms with Gasteiger partial charge in [0.15, 0.2) is 0 Å². The zero-order chi connectivity index (χ0) is 15.6. The smallest absolute Gasteiger partial charge is 0.138 e. The highest BCUT2D eigenvalue weighted by atomic mass is 16.5. The molecule has 2 heterocycles. The molecule has 1 aliphatic heterocycles. The summed E-state index contributed by atoms with van der Waals surface area (Å²) in [6.45, 7) is 15.4. The Balaban J connectivity index is 2.29. The Morgan fingerprint density at radius 1 is 1.33 bits per heavy atom. The highest BCUT2D eigenvalue weighted by Crippen LogP contribution is 2.33. The van der Waals surface area contributed by atoms with Crippen molar-refractivity contribution in [1.29, 1.82) is 0 Å². The SMILES string of the molecule is CCC1CNC(CC)(CC)CN1C(C)c1c(C)noc1C. The summed E-state index contributed by atoms with van der Waals surface area (Å²) in [5.74, 6) is 0.965. The van der Waals surface area contributed by atoms with Crippen LogP contribution in [0.5, 0.6) is 0 Å². The van der Waals surface area contributed by atoms with Crippen LogP contribution in [0.15, 0.2) is 4.52 Å². The molecule has 0 saturated carbocycles. The molecule has 4 nitrogen and oxygen atoms in total. The van der Waals surface area contributed by atoms with Crippen molar-refractivity contribution in [1.82, 2.24) is 15.4 Å². The minimum atomic E-state index is 0.249. The van der Waals surface area contributed by atoms with Crippen molar-refractivity contribution in [2.24, 2.45) is 0 Å². The van der Waals surface area contributed by atoms with E-state index in [4.69, 9.17) is 4.52 Å². The number of piperazine rings is 1. The standard InChI is InChI=1S/C17H31N3O/c1-7-15-10-18-17(8-2,9-3)11-20(15)13(5)16-12(4)19-21-14(16)6/h13,15,18H,7-11H2,1-6H3. The molecule has 21 heavy (non-hydrogen) atoms. The molecule has 0 radical (unpaired) electrons. The quantitative estimate of drug-likeness (QED) is 0.900. The van der Waals surface area contributed by atoms with E-state index in [-0.39, 0.29) is 5.54 Å². The maximum atomic E-state index is 5.39. The van der Waals surface area contributed by atoms with Gasteiger partial charge in [-0.15, -0.1) is 0 Å². The molecule has 4 heteroatoms. The highest BCUT2D eigenvalue weighted by Gasteiger charge is 2.39. The van der Waals surface area contributed by atoms with Crippen molar-refractivity contribution < 1.29 is 4.52 Å². The molecule has 0 spiro atoms. The Morgan fingerprint density at radius 2 is 2.00 bits per heavy atom. The fraction of sp³-hybridized carbons (Fsp3) is 0.824. The fourth-order valence-corrected chi connectivity index (χ4v) is 3.79. The molecular formula is C17H31N3O. The summed E-state index contributed by atoms with van der Waals surface area (Å²) >= 11 is 0. The van der Waals surface area contributed by atoms with Crippen LogP contribution in [0.2, 0.25) is 0 Å². The van der Waals surface area contributed by atoms with Gasteiger partial charge in [-0.3, -0.25) is 4.90 Å². The van der Waals surface area contributed by atoms with Gasteiger partial charge in [0.25, 0.3) is 0 Å². The first kappa shape index (κ1) is 16.5. The second-order valence-electron chi connectivity index (χ2n) is 6.52. The minimum absolute atomic E-state index is 0.249. The topological polar surface area (TPSA) is 41.3 Å². The summed E-state index contributed by atoms with van der Waals surface area (Å²) in [7, 11) is 0. The molecule has 2 unspecified atom stereocenters. The lowest BCUT2D eigenvalue weighted by Gasteiger charge is -2.49.